The molecule has 0 radical (unpaired) electrons. The predicted octanol–water partition coefficient (Wildman–Crippen LogP) is 2.98. The third kappa shape index (κ3) is 4.68. The lowest BCUT2D eigenvalue weighted by Crippen LogP contribution is -2.31. The molecule has 1 aliphatic rings. The molecule has 0 N–H and O–H groups in total. The number of amides is 1. The van der Waals surface area contributed by atoms with Gasteiger partial charge in [0.1, 0.15) is 5.76 Å². The fourth-order valence-corrected chi connectivity index (χ4v) is 4.60. The molecule has 1 amide bonds. The molecule has 0 saturated carbocycles. The molecule has 3 rings (SSSR count). The van der Waals surface area contributed by atoms with Gasteiger partial charge < -0.3 is 9.15 Å². The first kappa shape index (κ1) is 19.4. The number of nitrogens with zero attached hydrogens (tertiary/aromatic N) is 2. The summed E-state index contributed by atoms with van der Waals surface area (Å²) in [5.74, 6) is 0.198. The molecule has 1 aliphatic heterocycles. The van der Waals surface area contributed by atoms with Gasteiger partial charge in [-0.15, -0.1) is 4.40 Å². The second kappa shape index (κ2) is 8.55. The highest BCUT2D eigenvalue weighted by molar-refractivity contribution is 8.19. The highest BCUT2D eigenvalue weighted by atomic mass is 32.2. The summed E-state index contributed by atoms with van der Waals surface area (Å²) in [4.78, 5) is 14.5. The molecule has 2 aromatic rings. The second-order valence-corrected chi connectivity index (χ2v) is 8.20. The second-order valence-electron chi connectivity index (χ2n) is 5.59. The molecule has 1 aromatic carbocycles. The van der Waals surface area contributed by atoms with Crippen LogP contribution in [0.15, 0.2) is 67.3 Å². The molecule has 7 nitrogen and oxygen atoms in total. The number of hydrogen-bond acceptors (Lipinski definition) is 6. The minimum absolute atomic E-state index is 0.0749. The summed E-state index contributed by atoms with van der Waals surface area (Å²) in [6.07, 6.45) is 3.64. The Bertz CT molecular complexity index is 951. The fraction of sp³-hybridized carbons (Fsp3) is 0.222. The van der Waals surface area contributed by atoms with Crippen molar-refractivity contribution in [1.29, 1.82) is 0 Å². The number of hydrogen-bond donors (Lipinski definition) is 0. The average Bonchev–Trinajstić information content (AvgIpc) is 3.26. The molecule has 1 aromatic heterocycles. The number of methoxy groups -OCH3 is 1. The quantitative estimate of drug-likeness (QED) is 0.519. The number of benzene rings is 1. The lowest BCUT2D eigenvalue weighted by molar-refractivity contribution is -0.122. The minimum Gasteiger partial charge on any atom is -0.465 e. The molecule has 142 valence electrons. The molecule has 9 heteroatoms. The van der Waals surface area contributed by atoms with E-state index in [4.69, 9.17) is 9.15 Å². The smallest absolute Gasteiger partial charge is 0.284 e. The predicted molar refractivity (Wildman–Crippen MR) is 104 cm³/mol. The van der Waals surface area contributed by atoms with Crippen molar-refractivity contribution < 1.29 is 22.4 Å². The normalized spacial score (nSPS) is 18.0. The van der Waals surface area contributed by atoms with Crippen molar-refractivity contribution in [2.24, 2.45) is 4.40 Å². The van der Waals surface area contributed by atoms with Crippen LogP contribution < -0.4 is 0 Å². The summed E-state index contributed by atoms with van der Waals surface area (Å²) in [7, 11) is -2.36. The summed E-state index contributed by atoms with van der Waals surface area (Å²) in [6, 6.07) is 11.3. The molecule has 0 aliphatic carbocycles. The fourth-order valence-electron chi connectivity index (χ4n) is 2.39. The molecule has 2 heterocycles. The Balaban J connectivity index is 1.94. The summed E-state index contributed by atoms with van der Waals surface area (Å²) in [5.41, 5.74) is 0. The van der Waals surface area contributed by atoms with E-state index < -0.39 is 10.0 Å². The minimum atomic E-state index is -3.92. The zero-order valence-electron chi connectivity index (χ0n) is 14.6. The molecule has 27 heavy (non-hydrogen) atoms. The van der Waals surface area contributed by atoms with E-state index in [0.29, 0.717) is 30.2 Å². The Morgan fingerprint density at radius 1 is 1.22 bits per heavy atom. The van der Waals surface area contributed by atoms with Crippen LogP contribution in [0.2, 0.25) is 0 Å². The third-order valence-corrected chi connectivity index (χ3v) is 6.08. The zero-order chi connectivity index (χ0) is 19.3. The van der Waals surface area contributed by atoms with E-state index in [1.54, 1.807) is 43.5 Å². The number of furan rings is 1. The number of carbonyl (C=O) groups excluding carboxylic acids is 1. The number of rotatable bonds is 7. The van der Waals surface area contributed by atoms with Crippen LogP contribution in [0, 0.1) is 0 Å². The van der Waals surface area contributed by atoms with Crippen molar-refractivity contribution >= 4 is 38.9 Å². The maximum Gasteiger partial charge on any atom is 0.284 e. The van der Waals surface area contributed by atoms with E-state index >= 15 is 0 Å². The highest BCUT2D eigenvalue weighted by Gasteiger charge is 2.35. The first-order valence-electron chi connectivity index (χ1n) is 8.15. The van der Waals surface area contributed by atoms with E-state index in [1.807, 2.05) is 0 Å². The van der Waals surface area contributed by atoms with Crippen LogP contribution in [0.3, 0.4) is 0 Å². The summed E-state index contributed by atoms with van der Waals surface area (Å²) >= 11 is 1.01. The number of amidine groups is 1. The molecule has 0 bridgehead atoms. The number of sulfonamides is 1. The summed E-state index contributed by atoms with van der Waals surface area (Å²) < 4.78 is 39.4. The Morgan fingerprint density at radius 3 is 2.67 bits per heavy atom. The van der Waals surface area contributed by atoms with Gasteiger partial charge in [0.05, 0.1) is 16.1 Å². The van der Waals surface area contributed by atoms with Gasteiger partial charge in [-0.05, 0) is 42.4 Å². The van der Waals surface area contributed by atoms with Gasteiger partial charge in [-0.3, -0.25) is 9.69 Å². The average molecular weight is 406 g/mol. The van der Waals surface area contributed by atoms with Crippen molar-refractivity contribution in [3.8, 4) is 0 Å². The SMILES string of the molecule is COCCCN1C(=O)/C(=C\c2ccco2)SC1=NS(=O)(=O)c1ccccc1. The highest BCUT2D eigenvalue weighted by Crippen LogP contribution is 2.33. The van der Waals surface area contributed by atoms with E-state index in [9.17, 15) is 13.2 Å². The van der Waals surface area contributed by atoms with Crippen molar-refractivity contribution in [2.45, 2.75) is 11.3 Å². The Labute approximate surface area is 161 Å². The lowest BCUT2D eigenvalue weighted by Gasteiger charge is -2.14. The molecule has 1 saturated heterocycles. The van der Waals surface area contributed by atoms with Gasteiger partial charge in [0.25, 0.3) is 15.9 Å². The Kier molecular flexibility index (Phi) is 6.15. The van der Waals surface area contributed by atoms with Crippen LogP contribution in [0.5, 0.6) is 0 Å². The summed E-state index contributed by atoms with van der Waals surface area (Å²) in [5, 5.41) is 0.123. The van der Waals surface area contributed by atoms with Gasteiger partial charge >= 0.3 is 0 Å². The van der Waals surface area contributed by atoms with Crippen molar-refractivity contribution in [1.82, 2.24) is 4.90 Å². The van der Waals surface area contributed by atoms with Crippen LogP contribution in [-0.4, -0.2) is 44.7 Å². The third-order valence-electron chi connectivity index (χ3n) is 3.67. The maximum absolute atomic E-state index is 12.7. The van der Waals surface area contributed by atoms with Crippen LogP contribution in [0.4, 0.5) is 0 Å². The Morgan fingerprint density at radius 2 is 2.00 bits per heavy atom. The Hall–Kier alpha value is -2.36. The van der Waals surface area contributed by atoms with Gasteiger partial charge in [0.15, 0.2) is 5.17 Å². The van der Waals surface area contributed by atoms with E-state index in [2.05, 4.69) is 4.40 Å². The molecular formula is C18H18N2O5S2. The first-order chi connectivity index (χ1) is 13.0. The lowest BCUT2D eigenvalue weighted by atomic mass is 10.3. The van der Waals surface area contributed by atoms with Gasteiger partial charge in [-0.1, -0.05) is 18.2 Å². The van der Waals surface area contributed by atoms with Crippen LogP contribution >= 0.6 is 11.8 Å². The van der Waals surface area contributed by atoms with Crippen molar-refractivity contribution in [2.75, 3.05) is 20.3 Å². The van der Waals surface area contributed by atoms with Gasteiger partial charge in [0, 0.05) is 26.3 Å². The monoisotopic (exact) mass is 406 g/mol. The molecule has 0 spiro atoms. The largest absolute Gasteiger partial charge is 0.465 e. The molecule has 0 atom stereocenters. The molecule has 0 unspecified atom stereocenters. The number of ether oxygens (including phenoxy) is 1. The van der Waals surface area contributed by atoms with Crippen molar-refractivity contribution in [3.05, 3.63) is 59.4 Å². The van der Waals surface area contributed by atoms with E-state index in [1.165, 1.54) is 23.3 Å². The van der Waals surface area contributed by atoms with E-state index in [0.717, 1.165) is 11.8 Å². The standard InChI is InChI=1S/C18H18N2O5S2/c1-24-11-6-10-20-17(21)16(13-14-7-5-12-25-14)26-18(20)19-27(22,23)15-8-3-2-4-9-15/h2-5,7-9,12-13H,6,10-11H2,1H3/b16-13+,19-18?. The number of carbonyl (C=O) groups is 1. The van der Waals surface area contributed by atoms with E-state index in [-0.39, 0.29) is 16.0 Å². The van der Waals surface area contributed by atoms with Gasteiger partial charge in [-0.2, -0.15) is 8.42 Å². The van der Waals surface area contributed by atoms with Crippen molar-refractivity contribution in [3.63, 3.8) is 0 Å². The van der Waals surface area contributed by atoms with Crippen LogP contribution in [0.1, 0.15) is 12.2 Å². The van der Waals surface area contributed by atoms with Crippen LogP contribution in [-0.2, 0) is 19.6 Å². The zero-order valence-corrected chi connectivity index (χ0v) is 16.2. The number of thioether (sulfide) groups is 1. The molecule has 1 fully saturated rings. The topological polar surface area (TPSA) is 89.2 Å². The maximum atomic E-state index is 12.7. The molecular weight excluding hydrogens is 388 g/mol. The van der Waals surface area contributed by atoms with Gasteiger partial charge in [-0.25, -0.2) is 0 Å². The summed E-state index contributed by atoms with van der Waals surface area (Å²) in [6.45, 7) is 0.753. The van der Waals surface area contributed by atoms with Gasteiger partial charge in [0.2, 0.25) is 0 Å². The van der Waals surface area contributed by atoms with Crippen LogP contribution in [0.25, 0.3) is 6.08 Å². The first-order valence-corrected chi connectivity index (χ1v) is 10.4.